The van der Waals surface area contributed by atoms with Crippen LogP contribution in [0.15, 0.2) is 29.4 Å². The highest BCUT2D eigenvalue weighted by atomic mass is 35.5. The Labute approximate surface area is 176 Å². The first-order valence-electron chi connectivity index (χ1n) is 10.1. The predicted octanol–water partition coefficient (Wildman–Crippen LogP) is 3.19. The van der Waals surface area contributed by atoms with Crippen molar-refractivity contribution in [3.05, 3.63) is 34.9 Å². The van der Waals surface area contributed by atoms with Crippen LogP contribution in [0.4, 0.5) is 17.8 Å². The molecule has 0 aliphatic carbocycles. The normalized spacial score (nSPS) is 18.1. The van der Waals surface area contributed by atoms with Gasteiger partial charge in [0.2, 0.25) is 17.8 Å². The molecular formula is C20H26ClN7O. The molecule has 0 amide bonds. The Morgan fingerprint density at radius 2 is 1.55 bits per heavy atom. The van der Waals surface area contributed by atoms with Gasteiger partial charge in [0.1, 0.15) is 0 Å². The van der Waals surface area contributed by atoms with Gasteiger partial charge < -0.3 is 14.5 Å². The molecule has 1 N–H and O–H groups in total. The largest absolute Gasteiger partial charge is 0.378 e. The zero-order chi connectivity index (χ0) is 20.1. The van der Waals surface area contributed by atoms with Gasteiger partial charge in [0.05, 0.1) is 18.9 Å². The highest BCUT2D eigenvalue weighted by molar-refractivity contribution is 6.30. The summed E-state index contributed by atoms with van der Waals surface area (Å²) in [6.45, 7) is 6.79. The Morgan fingerprint density at radius 3 is 2.21 bits per heavy atom. The van der Waals surface area contributed by atoms with Gasteiger partial charge >= 0.3 is 0 Å². The van der Waals surface area contributed by atoms with Crippen molar-refractivity contribution in [3.8, 4) is 0 Å². The third-order valence-electron chi connectivity index (χ3n) is 5.13. The maximum Gasteiger partial charge on any atom is 0.250 e. The van der Waals surface area contributed by atoms with Crippen LogP contribution in [0.2, 0.25) is 5.02 Å². The van der Waals surface area contributed by atoms with Crippen LogP contribution in [0, 0.1) is 0 Å². The summed E-state index contributed by atoms with van der Waals surface area (Å²) in [6.07, 6.45) is 3.58. The molecule has 2 saturated heterocycles. The van der Waals surface area contributed by atoms with Gasteiger partial charge in [-0.15, -0.1) is 0 Å². The van der Waals surface area contributed by atoms with Gasteiger partial charge in [-0.3, -0.25) is 0 Å². The maximum absolute atomic E-state index is 5.97. The van der Waals surface area contributed by atoms with Crippen molar-refractivity contribution in [3.63, 3.8) is 0 Å². The first-order valence-corrected chi connectivity index (χ1v) is 10.5. The van der Waals surface area contributed by atoms with Gasteiger partial charge in [-0.1, -0.05) is 23.7 Å². The summed E-state index contributed by atoms with van der Waals surface area (Å²) in [5.74, 6) is 1.84. The monoisotopic (exact) mass is 415 g/mol. The number of hydrazone groups is 1. The number of aromatic nitrogens is 3. The van der Waals surface area contributed by atoms with Gasteiger partial charge in [-0.25, -0.2) is 5.43 Å². The number of nitrogens with one attached hydrogen (secondary N) is 1. The first-order chi connectivity index (χ1) is 14.2. The smallest absolute Gasteiger partial charge is 0.250 e. The number of piperidine rings is 1. The lowest BCUT2D eigenvalue weighted by Crippen LogP contribution is -2.38. The van der Waals surface area contributed by atoms with Crippen LogP contribution < -0.4 is 15.2 Å². The minimum atomic E-state index is 0.454. The van der Waals surface area contributed by atoms with Crippen LogP contribution in [-0.2, 0) is 4.74 Å². The van der Waals surface area contributed by atoms with E-state index < -0.39 is 0 Å². The Balaban J connectivity index is 1.58. The van der Waals surface area contributed by atoms with Crippen molar-refractivity contribution in [2.45, 2.75) is 26.2 Å². The van der Waals surface area contributed by atoms with Crippen molar-refractivity contribution in [1.29, 1.82) is 0 Å². The molecule has 9 heteroatoms. The fourth-order valence-electron chi connectivity index (χ4n) is 3.43. The summed E-state index contributed by atoms with van der Waals surface area (Å²) in [5, 5.41) is 5.18. The van der Waals surface area contributed by atoms with E-state index in [2.05, 4.69) is 30.3 Å². The molecule has 0 bridgehead atoms. The van der Waals surface area contributed by atoms with E-state index in [0.717, 1.165) is 50.3 Å². The number of nitrogens with zero attached hydrogens (tertiary/aromatic N) is 6. The van der Waals surface area contributed by atoms with Gasteiger partial charge in [-0.2, -0.15) is 20.1 Å². The lowest BCUT2D eigenvalue weighted by Gasteiger charge is -2.30. The lowest BCUT2D eigenvalue weighted by molar-refractivity contribution is 0.122. The third-order valence-corrected chi connectivity index (χ3v) is 5.38. The molecule has 4 rings (SSSR count). The number of halogens is 1. The molecule has 29 heavy (non-hydrogen) atoms. The van der Waals surface area contributed by atoms with E-state index in [4.69, 9.17) is 21.3 Å². The van der Waals surface area contributed by atoms with Crippen LogP contribution in [0.3, 0.4) is 0 Å². The number of anilines is 3. The van der Waals surface area contributed by atoms with Crippen molar-refractivity contribution < 1.29 is 4.74 Å². The molecule has 2 aliphatic heterocycles. The average molecular weight is 416 g/mol. The van der Waals surface area contributed by atoms with Crippen LogP contribution in [-0.4, -0.2) is 60.1 Å². The van der Waals surface area contributed by atoms with Crippen molar-refractivity contribution in [1.82, 2.24) is 15.0 Å². The van der Waals surface area contributed by atoms with Crippen molar-refractivity contribution >= 4 is 35.2 Å². The number of rotatable bonds is 5. The molecule has 1 aromatic carbocycles. The molecule has 0 spiro atoms. The van der Waals surface area contributed by atoms with Crippen LogP contribution in [0.1, 0.15) is 31.7 Å². The summed E-state index contributed by atoms with van der Waals surface area (Å²) >= 11 is 5.97. The van der Waals surface area contributed by atoms with Crippen LogP contribution in [0.5, 0.6) is 0 Å². The van der Waals surface area contributed by atoms with E-state index in [1.807, 2.05) is 31.2 Å². The van der Waals surface area contributed by atoms with Crippen molar-refractivity contribution in [2.75, 3.05) is 54.6 Å². The van der Waals surface area contributed by atoms with E-state index in [1.54, 1.807) is 0 Å². The molecule has 2 fully saturated rings. The van der Waals surface area contributed by atoms with E-state index in [1.165, 1.54) is 6.42 Å². The van der Waals surface area contributed by atoms with Gasteiger partial charge in [0.15, 0.2) is 0 Å². The SMILES string of the molecule is C/C(=N/Nc1nc(N2CCCCC2)nc(N2CCOCC2)n1)c1ccc(Cl)cc1. The summed E-state index contributed by atoms with van der Waals surface area (Å²) in [6, 6.07) is 7.58. The predicted molar refractivity (Wildman–Crippen MR) is 116 cm³/mol. The minimum absolute atomic E-state index is 0.454. The van der Waals surface area contributed by atoms with Crippen LogP contribution >= 0.6 is 11.6 Å². The highest BCUT2D eigenvalue weighted by Gasteiger charge is 2.20. The van der Waals surface area contributed by atoms with E-state index in [-0.39, 0.29) is 0 Å². The lowest BCUT2D eigenvalue weighted by atomic mass is 10.1. The zero-order valence-corrected chi connectivity index (χ0v) is 17.4. The summed E-state index contributed by atoms with van der Waals surface area (Å²) in [4.78, 5) is 18.4. The van der Waals surface area contributed by atoms with E-state index >= 15 is 0 Å². The molecule has 3 heterocycles. The van der Waals surface area contributed by atoms with E-state index in [9.17, 15) is 0 Å². The van der Waals surface area contributed by atoms with Crippen LogP contribution in [0.25, 0.3) is 0 Å². The fraction of sp³-hybridized carbons (Fsp3) is 0.500. The standard InChI is InChI=1S/C20H26ClN7O/c1-15(16-5-7-17(21)8-6-16)25-26-18-22-19(27-9-3-2-4-10-27)24-20(23-18)28-11-13-29-14-12-28/h5-8H,2-4,9-14H2,1H3,(H,22,23,24,26)/b25-15-. The number of ether oxygens (including phenoxy) is 1. The number of hydrogen-bond donors (Lipinski definition) is 1. The molecule has 0 saturated carbocycles. The molecule has 154 valence electrons. The quantitative estimate of drug-likeness (QED) is 0.593. The fourth-order valence-corrected chi connectivity index (χ4v) is 3.56. The molecule has 1 aromatic heterocycles. The second-order valence-corrected chi connectivity index (χ2v) is 7.66. The molecule has 0 atom stereocenters. The summed E-state index contributed by atoms with van der Waals surface area (Å²) < 4.78 is 5.46. The number of morpholine rings is 1. The zero-order valence-electron chi connectivity index (χ0n) is 16.6. The first kappa shape index (κ1) is 19.8. The molecule has 2 aromatic rings. The third kappa shape index (κ3) is 5.13. The summed E-state index contributed by atoms with van der Waals surface area (Å²) in [5.41, 5.74) is 4.84. The van der Waals surface area contributed by atoms with E-state index in [0.29, 0.717) is 36.1 Å². The van der Waals surface area contributed by atoms with Gasteiger partial charge in [-0.05, 0) is 43.9 Å². The minimum Gasteiger partial charge on any atom is -0.378 e. The maximum atomic E-state index is 5.97. The Kier molecular flexibility index (Phi) is 6.41. The Hall–Kier alpha value is -2.45. The average Bonchev–Trinajstić information content (AvgIpc) is 2.79. The molecule has 8 nitrogen and oxygen atoms in total. The molecular weight excluding hydrogens is 390 g/mol. The van der Waals surface area contributed by atoms with Gasteiger partial charge in [0.25, 0.3) is 0 Å². The second kappa shape index (κ2) is 9.37. The topological polar surface area (TPSA) is 78.8 Å². The highest BCUT2D eigenvalue weighted by Crippen LogP contribution is 2.21. The number of benzene rings is 1. The van der Waals surface area contributed by atoms with Crippen molar-refractivity contribution in [2.24, 2.45) is 5.10 Å². The molecule has 2 aliphatic rings. The molecule has 0 unspecified atom stereocenters. The second-order valence-electron chi connectivity index (χ2n) is 7.22. The van der Waals surface area contributed by atoms with Gasteiger partial charge in [0, 0.05) is 31.2 Å². The Morgan fingerprint density at radius 1 is 0.931 bits per heavy atom. The Bertz CT molecular complexity index is 810. The number of hydrogen-bond acceptors (Lipinski definition) is 8. The summed E-state index contributed by atoms with van der Waals surface area (Å²) in [7, 11) is 0. The molecule has 0 radical (unpaired) electrons.